The van der Waals surface area contributed by atoms with E-state index in [0.717, 1.165) is 26.2 Å². The van der Waals surface area contributed by atoms with Crippen molar-refractivity contribution in [1.82, 2.24) is 0 Å². The Morgan fingerprint density at radius 2 is 1.40 bits per heavy atom. The van der Waals surface area contributed by atoms with Crippen LogP contribution in [0, 0.1) is 5.21 Å². The second-order valence-corrected chi connectivity index (χ2v) is 5.68. The minimum Gasteiger partial charge on any atom is -0.594 e. The van der Waals surface area contributed by atoms with E-state index in [-0.39, 0.29) is 13.2 Å². The Kier molecular flexibility index (Phi) is 10.4. The highest BCUT2D eigenvalue weighted by atomic mass is 17.0. The zero-order chi connectivity index (χ0) is 15.5. The Morgan fingerprint density at radius 3 is 1.85 bits per heavy atom. The fraction of sp³-hybridized carbons (Fsp3) is 1.00. The quantitative estimate of drug-likeness (QED) is 0.236. The van der Waals surface area contributed by atoms with E-state index in [2.05, 4.69) is 6.92 Å². The molecule has 0 saturated carbocycles. The van der Waals surface area contributed by atoms with Crippen LogP contribution in [0.4, 0.5) is 0 Å². The molecule has 0 radical (unpaired) electrons. The molecule has 20 heavy (non-hydrogen) atoms. The molecule has 1 atom stereocenters. The summed E-state index contributed by atoms with van der Waals surface area (Å²) in [5.41, 5.74) is 0. The molecule has 5 heteroatoms. The Balaban J connectivity index is 3.70. The van der Waals surface area contributed by atoms with Crippen molar-refractivity contribution in [2.24, 2.45) is 0 Å². The SMILES string of the molecule is CCCCCCCCCCO[N+]([O-])(CCC)C(C)(O)O. The summed E-state index contributed by atoms with van der Waals surface area (Å²) in [7, 11) is 0. The summed E-state index contributed by atoms with van der Waals surface area (Å²) in [6, 6.07) is 0. The molecule has 0 fully saturated rings. The van der Waals surface area contributed by atoms with Crippen LogP contribution in [-0.2, 0) is 4.84 Å². The Morgan fingerprint density at radius 1 is 0.900 bits per heavy atom. The molecule has 0 saturated heterocycles. The van der Waals surface area contributed by atoms with E-state index in [0.29, 0.717) is 6.42 Å². The molecule has 0 aromatic heterocycles. The largest absolute Gasteiger partial charge is 0.594 e. The lowest BCUT2D eigenvalue weighted by Crippen LogP contribution is -2.59. The first-order valence-electron chi connectivity index (χ1n) is 8.06. The molecule has 5 nitrogen and oxygen atoms in total. The van der Waals surface area contributed by atoms with Crippen molar-refractivity contribution in [2.45, 2.75) is 84.5 Å². The van der Waals surface area contributed by atoms with Gasteiger partial charge in [-0.3, -0.25) is 0 Å². The average Bonchev–Trinajstić information content (AvgIpc) is 2.36. The normalized spacial score (nSPS) is 15.3. The molecule has 0 aromatic carbocycles. The van der Waals surface area contributed by atoms with Crippen molar-refractivity contribution in [3.05, 3.63) is 5.21 Å². The molecule has 0 bridgehead atoms. The van der Waals surface area contributed by atoms with Crippen molar-refractivity contribution in [3.8, 4) is 0 Å². The van der Waals surface area contributed by atoms with Crippen LogP contribution in [0.2, 0.25) is 0 Å². The lowest BCUT2D eigenvalue weighted by Gasteiger charge is -2.44. The smallest absolute Gasteiger partial charge is 0.341 e. The third-order valence-electron chi connectivity index (χ3n) is 3.46. The van der Waals surface area contributed by atoms with Crippen LogP contribution in [0.15, 0.2) is 0 Å². The van der Waals surface area contributed by atoms with Gasteiger partial charge in [0.2, 0.25) is 0 Å². The first-order chi connectivity index (χ1) is 9.37. The van der Waals surface area contributed by atoms with Gasteiger partial charge in [0.15, 0.2) is 0 Å². The molecule has 2 N–H and O–H groups in total. The highest BCUT2D eigenvalue weighted by Gasteiger charge is 2.39. The monoisotopic (exact) mass is 291 g/mol. The summed E-state index contributed by atoms with van der Waals surface area (Å²) in [4.78, 5) is 3.76. The second kappa shape index (κ2) is 10.5. The van der Waals surface area contributed by atoms with Gasteiger partial charge in [0.05, 0.1) is 6.92 Å². The van der Waals surface area contributed by atoms with E-state index in [1.807, 2.05) is 6.92 Å². The van der Waals surface area contributed by atoms with Crippen molar-refractivity contribution >= 4 is 0 Å². The Bertz CT molecular complexity index is 230. The fourth-order valence-electron chi connectivity index (χ4n) is 2.14. The highest BCUT2D eigenvalue weighted by molar-refractivity contribution is 4.46. The van der Waals surface area contributed by atoms with Crippen molar-refractivity contribution in [2.75, 3.05) is 13.2 Å². The summed E-state index contributed by atoms with van der Waals surface area (Å²) >= 11 is 0. The van der Waals surface area contributed by atoms with Gasteiger partial charge in [-0.2, -0.15) is 9.65 Å². The molecule has 0 aliphatic rings. The zero-order valence-corrected chi connectivity index (χ0v) is 13.4. The van der Waals surface area contributed by atoms with Gasteiger partial charge in [-0.25, -0.2) is 0 Å². The van der Waals surface area contributed by atoms with E-state index in [1.54, 1.807) is 0 Å². The maximum absolute atomic E-state index is 12.1. The van der Waals surface area contributed by atoms with Gasteiger partial charge in [0.1, 0.15) is 13.2 Å². The van der Waals surface area contributed by atoms with E-state index < -0.39 is 10.7 Å². The van der Waals surface area contributed by atoms with Crippen LogP contribution in [0.1, 0.15) is 78.6 Å². The second-order valence-electron chi connectivity index (χ2n) is 5.68. The molecular formula is C15H33NO4. The number of hydroxylamine groups is 4. The molecule has 0 amide bonds. The summed E-state index contributed by atoms with van der Waals surface area (Å²) in [5, 5.41) is 31.1. The van der Waals surface area contributed by atoms with Gasteiger partial charge in [-0.05, 0) is 12.8 Å². The van der Waals surface area contributed by atoms with Crippen LogP contribution in [-0.4, -0.2) is 34.1 Å². The van der Waals surface area contributed by atoms with Crippen molar-refractivity contribution < 1.29 is 19.9 Å². The zero-order valence-electron chi connectivity index (χ0n) is 13.4. The number of unbranched alkanes of at least 4 members (excludes halogenated alkanes) is 7. The van der Waals surface area contributed by atoms with E-state index in [1.165, 1.54) is 32.1 Å². The van der Waals surface area contributed by atoms with Gasteiger partial charge in [-0.1, -0.05) is 58.8 Å². The van der Waals surface area contributed by atoms with Gasteiger partial charge >= 0.3 is 5.91 Å². The summed E-state index contributed by atoms with van der Waals surface area (Å²) in [6.07, 6.45) is 9.87. The van der Waals surface area contributed by atoms with Crippen molar-refractivity contribution in [3.63, 3.8) is 0 Å². The molecule has 1 unspecified atom stereocenters. The topological polar surface area (TPSA) is 72.8 Å². The van der Waals surface area contributed by atoms with Gasteiger partial charge in [-0.15, -0.1) is 0 Å². The van der Waals surface area contributed by atoms with Gasteiger partial charge < -0.3 is 15.4 Å². The number of rotatable bonds is 13. The Labute approximate surface area is 123 Å². The molecule has 122 valence electrons. The number of aliphatic hydroxyl groups is 2. The molecule has 0 aliphatic carbocycles. The minimum absolute atomic E-state index is 0.0422. The molecule has 0 spiro atoms. The maximum Gasteiger partial charge on any atom is 0.341 e. The predicted molar refractivity (Wildman–Crippen MR) is 80.2 cm³/mol. The number of nitrogens with zero attached hydrogens (tertiary/aromatic N) is 1. The average molecular weight is 291 g/mol. The molecule has 0 aromatic rings. The molecule has 0 heterocycles. The number of quaternary nitrogens is 1. The molecule has 0 aliphatic heterocycles. The standard InChI is InChI=1S/C15H33NO4/c1-4-6-7-8-9-10-11-12-14-20-16(19,13-5-2)15(3,17)18/h17-18H,4-14H2,1-3H3. The van der Waals surface area contributed by atoms with Gasteiger partial charge in [0.25, 0.3) is 0 Å². The van der Waals surface area contributed by atoms with Gasteiger partial charge in [0, 0.05) is 0 Å². The van der Waals surface area contributed by atoms with E-state index in [4.69, 9.17) is 4.84 Å². The fourth-order valence-corrected chi connectivity index (χ4v) is 2.14. The van der Waals surface area contributed by atoms with Crippen LogP contribution in [0.3, 0.4) is 0 Å². The summed E-state index contributed by atoms with van der Waals surface area (Å²) in [6.45, 7) is 5.41. The van der Waals surface area contributed by atoms with Crippen LogP contribution in [0.25, 0.3) is 0 Å². The lowest BCUT2D eigenvalue weighted by molar-refractivity contribution is -1.14. The first kappa shape index (κ1) is 19.8. The van der Waals surface area contributed by atoms with Crippen LogP contribution in [0.5, 0.6) is 0 Å². The minimum atomic E-state index is -2.39. The third-order valence-corrected chi connectivity index (χ3v) is 3.46. The third kappa shape index (κ3) is 8.17. The maximum atomic E-state index is 12.1. The Hall–Kier alpha value is -0.200. The van der Waals surface area contributed by atoms with Crippen molar-refractivity contribution in [1.29, 1.82) is 0 Å². The highest BCUT2D eigenvalue weighted by Crippen LogP contribution is 2.21. The predicted octanol–water partition coefficient (Wildman–Crippen LogP) is 3.44. The van der Waals surface area contributed by atoms with Crippen LogP contribution < -0.4 is 0 Å². The summed E-state index contributed by atoms with van der Waals surface area (Å²) in [5.74, 6) is -2.39. The summed E-state index contributed by atoms with van der Waals surface area (Å²) < 4.78 is 0. The number of hydrogen-bond donors (Lipinski definition) is 2. The molecule has 0 rings (SSSR count). The first-order valence-corrected chi connectivity index (χ1v) is 8.06. The lowest BCUT2D eigenvalue weighted by atomic mass is 10.1. The van der Waals surface area contributed by atoms with E-state index in [9.17, 15) is 15.4 Å². The van der Waals surface area contributed by atoms with Crippen LogP contribution >= 0.6 is 0 Å². The number of hydrogen-bond acceptors (Lipinski definition) is 4. The molecular weight excluding hydrogens is 258 g/mol. The van der Waals surface area contributed by atoms with E-state index >= 15 is 0 Å².